The molecular weight excluding hydrogens is 383 g/mol. The molecule has 0 saturated carbocycles. The van der Waals surface area contributed by atoms with E-state index in [1.54, 1.807) is 30.5 Å². The van der Waals surface area contributed by atoms with E-state index in [-0.39, 0.29) is 35.0 Å². The van der Waals surface area contributed by atoms with Crippen molar-refractivity contribution >= 4 is 17.2 Å². The molecule has 0 aliphatic rings. The third-order valence-corrected chi connectivity index (χ3v) is 4.67. The van der Waals surface area contributed by atoms with Gasteiger partial charge in [0, 0.05) is 19.3 Å². The average molecular weight is 402 g/mol. The van der Waals surface area contributed by atoms with Crippen LogP contribution >= 0.6 is 0 Å². The molecule has 2 N–H and O–H groups in total. The molecule has 0 aliphatic heterocycles. The van der Waals surface area contributed by atoms with Crippen molar-refractivity contribution in [2.75, 3.05) is 5.32 Å². The van der Waals surface area contributed by atoms with Crippen molar-refractivity contribution in [3.63, 3.8) is 0 Å². The third-order valence-electron chi connectivity index (χ3n) is 4.67. The van der Waals surface area contributed by atoms with E-state index in [4.69, 9.17) is 0 Å². The number of rotatable bonds is 6. The van der Waals surface area contributed by atoms with E-state index in [9.17, 15) is 14.0 Å². The Labute approximate surface area is 172 Å². The maximum atomic E-state index is 13.0. The summed E-state index contributed by atoms with van der Waals surface area (Å²) in [5.41, 5.74) is 2.42. The molecule has 0 unspecified atom stereocenters. The van der Waals surface area contributed by atoms with Gasteiger partial charge < -0.3 is 10.6 Å². The molecule has 0 aliphatic carbocycles. The normalized spacial score (nSPS) is 10.7. The van der Waals surface area contributed by atoms with Crippen molar-refractivity contribution in [3.05, 3.63) is 112 Å². The highest BCUT2D eigenvalue weighted by Gasteiger charge is 2.13. The number of pyridine rings is 1. The van der Waals surface area contributed by atoms with Gasteiger partial charge in [-0.3, -0.25) is 14.0 Å². The maximum Gasteiger partial charge on any atom is 0.281 e. The lowest BCUT2D eigenvalue weighted by Gasteiger charge is -2.10. The zero-order chi connectivity index (χ0) is 20.9. The van der Waals surface area contributed by atoms with Crippen LogP contribution in [0, 0.1) is 5.82 Å². The van der Waals surface area contributed by atoms with Crippen LogP contribution in [0.5, 0.6) is 0 Å². The maximum absolute atomic E-state index is 13.0. The molecular formula is C23H19FN4O2. The average Bonchev–Trinajstić information content (AvgIpc) is 2.78. The topological polar surface area (TPSA) is 75.5 Å². The number of nitrogens with one attached hydrogen (secondary N) is 2. The first-order valence-corrected chi connectivity index (χ1v) is 9.42. The second-order valence-electron chi connectivity index (χ2n) is 6.74. The van der Waals surface area contributed by atoms with Gasteiger partial charge in [-0.2, -0.15) is 0 Å². The Hall–Kier alpha value is -4.00. The van der Waals surface area contributed by atoms with Crippen LogP contribution < -0.4 is 16.2 Å². The number of nitrogens with zero attached hydrogens (tertiary/aromatic N) is 2. The molecule has 1 amide bonds. The van der Waals surface area contributed by atoms with Crippen LogP contribution in [0.1, 0.15) is 21.5 Å². The van der Waals surface area contributed by atoms with Crippen LogP contribution in [-0.2, 0) is 13.1 Å². The molecule has 7 heteroatoms. The lowest BCUT2D eigenvalue weighted by atomic mass is 10.2. The fourth-order valence-electron chi connectivity index (χ4n) is 3.08. The van der Waals surface area contributed by atoms with Crippen molar-refractivity contribution in [2.45, 2.75) is 13.1 Å². The molecule has 4 aromatic rings. The summed E-state index contributed by atoms with van der Waals surface area (Å²) < 4.78 is 14.4. The minimum absolute atomic E-state index is 0.237. The monoisotopic (exact) mass is 402 g/mol. The van der Waals surface area contributed by atoms with E-state index in [0.29, 0.717) is 12.2 Å². The van der Waals surface area contributed by atoms with Gasteiger partial charge >= 0.3 is 0 Å². The standard InChI is InChI=1S/C23H19FN4O2/c24-18-10-8-17(9-11-18)14-27-22(29)19-7-4-12-28-21(19)26-15-20(23(28)30)25-13-16-5-2-1-3-6-16/h1-12,15,25H,13-14H2,(H,27,29). The van der Waals surface area contributed by atoms with Gasteiger partial charge in [0.05, 0.1) is 11.8 Å². The van der Waals surface area contributed by atoms with Gasteiger partial charge in [0.25, 0.3) is 11.5 Å². The van der Waals surface area contributed by atoms with Crippen LogP contribution in [0.4, 0.5) is 10.1 Å². The molecule has 2 aromatic carbocycles. The summed E-state index contributed by atoms with van der Waals surface area (Å²) in [5, 5.41) is 5.87. The molecule has 4 rings (SSSR count). The van der Waals surface area contributed by atoms with Crippen LogP contribution in [-0.4, -0.2) is 15.3 Å². The number of hydrogen-bond acceptors (Lipinski definition) is 4. The zero-order valence-electron chi connectivity index (χ0n) is 16.0. The van der Waals surface area contributed by atoms with E-state index in [1.165, 1.54) is 22.7 Å². The summed E-state index contributed by atoms with van der Waals surface area (Å²) in [6.07, 6.45) is 3.02. The first-order valence-electron chi connectivity index (χ1n) is 9.42. The van der Waals surface area contributed by atoms with Gasteiger partial charge in [0.15, 0.2) is 5.65 Å². The molecule has 0 radical (unpaired) electrons. The number of carbonyl (C=O) groups excluding carboxylic acids is 1. The summed E-state index contributed by atoms with van der Waals surface area (Å²) in [7, 11) is 0. The van der Waals surface area contributed by atoms with Crippen molar-refractivity contribution < 1.29 is 9.18 Å². The van der Waals surface area contributed by atoms with Crippen molar-refractivity contribution in [2.24, 2.45) is 0 Å². The summed E-state index contributed by atoms with van der Waals surface area (Å²) in [5.74, 6) is -0.700. The first kappa shape index (κ1) is 19.3. The number of amides is 1. The van der Waals surface area contributed by atoms with Gasteiger partial charge in [-0.25, -0.2) is 9.37 Å². The van der Waals surface area contributed by atoms with Crippen molar-refractivity contribution in [1.82, 2.24) is 14.7 Å². The fourth-order valence-corrected chi connectivity index (χ4v) is 3.08. The lowest BCUT2D eigenvalue weighted by Crippen LogP contribution is -2.26. The third kappa shape index (κ3) is 4.20. The molecule has 0 spiro atoms. The van der Waals surface area contributed by atoms with Gasteiger partial charge in [0.2, 0.25) is 0 Å². The second kappa shape index (κ2) is 8.57. The molecule has 2 aromatic heterocycles. The van der Waals surface area contributed by atoms with E-state index < -0.39 is 0 Å². The smallest absolute Gasteiger partial charge is 0.281 e. The van der Waals surface area contributed by atoms with E-state index >= 15 is 0 Å². The Bertz CT molecular complexity index is 1240. The summed E-state index contributed by atoms with van der Waals surface area (Å²) in [6, 6.07) is 18.8. The van der Waals surface area contributed by atoms with Gasteiger partial charge in [-0.05, 0) is 35.4 Å². The summed E-state index contributed by atoms with van der Waals surface area (Å²) in [6.45, 7) is 0.725. The number of halogens is 1. The Balaban J connectivity index is 1.54. The molecule has 0 bridgehead atoms. The van der Waals surface area contributed by atoms with Gasteiger partial charge in [-0.1, -0.05) is 42.5 Å². The largest absolute Gasteiger partial charge is 0.375 e. The molecule has 150 valence electrons. The Kier molecular flexibility index (Phi) is 5.52. The molecule has 0 fully saturated rings. The molecule has 0 atom stereocenters. The predicted molar refractivity (Wildman–Crippen MR) is 113 cm³/mol. The van der Waals surface area contributed by atoms with Crippen LogP contribution in [0.2, 0.25) is 0 Å². The Morgan fingerprint density at radius 2 is 1.67 bits per heavy atom. The molecule has 6 nitrogen and oxygen atoms in total. The number of benzene rings is 2. The molecule has 2 heterocycles. The van der Waals surface area contributed by atoms with E-state index in [2.05, 4.69) is 15.6 Å². The number of fused-ring (bicyclic) bond motifs is 1. The van der Waals surface area contributed by atoms with Crippen LogP contribution in [0.3, 0.4) is 0 Å². The van der Waals surface area contributed by atoms with Gasteiger partial charge in [-0.15, -0.1) is 0 Å². The molecule has 30 heavy (non-hydrogen) atoms. The van der Waals surface area contributed by atoms with Crippen molar-refractivity contribution in [1.29, 1.82) is 0 Å². The fraction of sp³-hybridized carbons (Fsp3) is 0.0870. The van der Waals surface area contributed by atoms with Crippen LogP contribution in [0.25, 0.3) is 5.65 Å². The highest BCUT2D eigenvalue weighted by Crippen LogP contribution is 2.10. The summed E-state index contributed by atoms with van der Waals surface area (Å²) in [4.78, 5) is 29.8. The van der Waals surface area contributed by atoms with Crippen LogP contribution in [0.15, 0.2) is 83.9 Å². The lowest BCUT2D eigenvalue weighted by molar-refractivity contribution is 0.0952. The number of aromatic nitrogens is 2. The number of carbonyl (C=O) groups is 1. The van der Waals surface area contributed by atoms with E-state index in [1.807, 2.05) is 30.3 Å². The predicted octanol–water partition coefficient (Wildman–Crippen LogP) is 3.38. The highest BCUT2D eigenvalue weighted by atomic mass is 19.1. The Morgan fingerprint density at radius 3 is 2.43 bits per heavy atom. The quantitative estimate of drug-likeness (QED) is 0.519. The second-order valence-corrected chi connectivity index (χ2v) is 6.74. The summed E-state index contributed by atoms with van der Waals surface area (Å²) >= 11 is 0. The van der Waals surface area contributed by atoms with E-state index in [0.717, 1.165) is 11.1 Å². The SMILES string of the molecule is O=C(NCc1ccc(F)cc1)c1cccn2c(=O)c(NCc3ccccc3)cnc12. The first-order chi connectivity index (χ1) is 14.6. The minimum Gasteiger partial charge on any atom is -0.375 e. The number of anilines is 1. The molecule has 0 saturated heterocycles. The Morgan fingerprint density at radius 1 is 0.933 bits per heavy atom. The number of hydrogen-bond donors (Lipinski definition) is 2. The van der Waals surface area contributed by atoms with Crippen molar-refractivity contribution in [3.8, 4) is 0 Å². The minimum atomic E-state index is -0.366. The highest BCUT2D eigenvalue weighted by molar-refractivity contribution is 5.99. The van der Waals surface area contributed by atoms with Gasteiger partial charge in [0.1, 0.15) is 11.5 Å². The zero-order valence-corrected chi connectivity index (χ0v) is 16.0.